The minimum atomic E-state index is -3.21. The van der Waals surface area contributed by atoms with Gasteiger partial charge in [-0.3, -0.25) is 19.9 Å². The smallest absolute Gasteiger partial charge is 0.224 e. The first-order valence-corrected chi connectivity index (χ1v) is 15.7. The predicted molar refractivity (Wildman–Crippen MR) is 162 cm³/mol. The summed E-state index contributed by atoms with van der Waals surface area (Å²) in [6.45, 7) is 1.94. The van der Waals surface area contributed by atoms with Crippen LogP contribution in [0.1, 0.15) is 25.3 Å². The second-order valence-corrected chi connectivity index (χ2v) is 12.6. The van der Waals surface area contributed by atoms with E-state index in [-0.39, 0.29) is 18.1 Å². The average molecular weight is 599 g/mol. The number of hydrogen-bond donors (Lipinski definition) is 3. The molecule has 1 amide bonds. The maximum absolute atomic E-state index is 14.6. The van der Waals surface area contributed by atoms with Gasteiger partial charge in [0.25, 0.3) is 0 Å². The van der Waals surface area contributed by atoms with Crippen LogP contribution in [0.4, 0.5) is 10.1 Å². The highest BCUT2D eigenvalue weighted by molar-refractivity contribution is 7.90. The molecule has 218 valence electrons. The molecule has 0 aliphatic rings. The lowest BCUT2D eigenvalue weighted by Crippen LogP contribution is -2.10. The fourth-order valence-electron chi connectivity index (χ4n) is 4.82. The normalized spacial score (nSPS) is 11.8. The van der Waals surface area contributed by atoms with Gasteiger partial charge in [-0.25, -0.2) is 22.8 Å². The Morgan fingerprint density at radius 2 is 1.81 bits per heavy atom. The fourth-order valence-corrected chi connectivity index (χ4v) is 5.42. The van der Waals surface area contributed by atoms with E-state index in [1.54, 1.807) is 30.7 Å². The number of aryl methyl sites for hydroxylation is 1. The minimum Gasteiger partial charge on any atom is -0.336 e. The summed E-state index contributed by atoms with van der Waals surface area (Å²) in [7, 11) is -3.21. The van der Waals surface area contributed by atoms with E-state index in [0.717, 1.165) is 18.2 Å². The van der Waals surface area contributed by atoms with Crippen molar-refractivity contribution in [3.8, 4) is 34.0 Å². The van der Waals surface area contributed by atoms with Crippen molar-refractivity contribution in [3.63, 3.8) is 0 Å². The zero-order valence-electron chi connectivity index (χ0n) is 23.3. The number of hydrogen-bond acceptors (Lipinski definition) is 8. The molecule has 0 radical (unpaired) electrons. The van der Waals surface area contributed by atoms with E-state index >= 15 is 0 Å². The summed E-state index contributed by atoms with van der Waals surface area (Å²) in [5.74, 6) is -0.222. The molecule has 43 heavy (non-hydrogen) atoms. The van der Waals surface area contributed by atoms with E-state index in [1.807, 2.05) is 25.1 Å². The summed E-state index contributed by atoms with van der Waals surface area (Å²) in [4.78, 5) is 33.7. The number of rotatable bonds is 9. The van der Waals surface area contributed by atoms with Crippen molar-refractivity contribution in [1.29, 1.82) is 0 Å². The van der Waals surface area contributed by atoms with Gasteiger partial charge in [-0.1, -0.05) is 6.92 Å². The number of H-pyrrole nitrogens is 2. The summed E-state index contributed by atoms with van der Waals surface area (Å²) in [6, 6.07) is 11.7. The molecular weight excluding hydrogens is 571 g/mol. The van der Waals surface area contributed by atoms with E-state index in [4.69, 9.17) is 9.97 Å². The van der Waals surface area contributed by atoms with E-state index in [1.165, 1.54) is 12.1 Å². The topological polar surface area (TPSA) is 159 Å². The maximum atomic E-state index is 14.6. The average Bonchev–Trinajstić information content (AvgIpc) is 3.59. The van der Waals surface area contributed by atoms with Gasteiger partial charge in [0.05, 0.1) is 40.1 Å². The fraction of sp³-hybridized carbons (Fsp3) is 0.200. The van der Waals surface area contributed by atoms with Crippen molar-refractivity contribution in [2.45, 2.75) is 26.2 Å². The number of fused-ring (bicyclic) bond motifs is 2. The Bertz CT molecular complexity index is 2110. The Labute approximate surface area is 246 Å². The number of aromatic amines is 2. The molecule has 0 bridgehead atoms. The molecule has 5 heterocycles. The number of aromatic nitrogens is 7. The predicted octanol–water partition coefficient (Wildman–Crippen LogP) is 5.09. The number of carbonyl (C=O) groups excluding carboxylic acids is 1. The summed E-state index contributed by atoms with van der Waals surface area (Å²) in [6.07, 6.45) is 7.36. The molecule has 5 aromatic heterocycles. The number of halogens is 1. The van der Waals surface area contributed by atoms with Crippen molar-refractivity contribution in [2.24, 2.45) is 0 Å². The molecule has 13 heteroatoms. The van der Waals surface area contributed by atoms with Crippen molar-refractivity contribution in [3.05, 3.63) is 72.4 Å². The molecule has 0 aliphatic heterocycles. The van der Waals surface area contributed by atoms with Gasteiger partial charge in [0.2, 0.25) is 5.91 Å². The van der Waals surface area contributed by atoms with Gasteiger partial charge >= 0.3 is 0 Å². The van der Waals surface area contributed by atoms with Crippen LogP contribution in [-0.2, 0) is 21.1 Å². The highest BCUT2D eigenvalue weighted by Crippen LogP contribution is 2.32. The number of imidazole rings is 1. The third kappa shape index (κ3) is 6.11. The number of amides is 1. The van der Waals surface area contributed by atoms with Crippen molar-refractivity contribution in [2.75, 3.05) is 17.3 Å². The van der Waals surface area contributed by atoms with Crippen molar-refractivity contribution < 1.29 is 17.6 Å². The molecule has 3 N–H and O–H groups in total. The Morgan fingerprint density at radius 3 is 2.63 bits per heavy atom. The first-order chi connectivity index (χ1) is 20.7. The molecule has 0 saturated carbocycles. The third-order valence-corrected chi connectivity index (χ3v) is 7.77. The Balaban J connectivity index is 1.37. The first-order valence-electron chi connectivity index (χ1n) is 13.6. The van der Waals surface area contributed by atoms with Gasteiger partial charge < -0.3 is 10.3 Å². The lowest BCUT2D eigenvalue weighted by atomic mass is 10.0. The second-order valence-electron chi connectivity index (χ2n) is 10.3. The Kier molecular flexibility index (Phi) is 7.40. The highest BCUT2D eigenvalue weighted by atomic mass is 32.2. The van der Waals surface area contributed by atoms with Crippen LogP contribution in [-0.4, -0.2) is 61.5 Å². The molecule has 0 fully saturated rings. The van der Waals surface area contributed by atoms with Gasteiger partial charge in [0.15, 0.2) is 11.5 Å². The Morgan fingerprint density at radius 1 is 0.977 bits per heavy atom. The van der Waals surface area contributed by atoms with Crippen LogP contribution in [0, 0.1) is 5.82 Å². The van der Waals surface area contributed by atoms with E-state index < -0.39 is 15.7 Å². The van der Waals surface area contributed by atoms with E-state index in [9.17, 15) is 17.6 Å². The molecular formula is C30H27FN8O3S. The number of anilines is 1. The molecule has 6 rings (SSSR count). The zero-order chi connectivity index (χ0) is 30.1. The molecule has 0 spiro atoms. The number of nitrogens with one attached hydrogen (secondary N) is 3. The molecule has 6 aromatic rings. The summed E-state index contributed by atoms with van der Waals surface area (Å²) < 4.78 is 37.9. The van der Waals surface area contributed by atoms with Gasteiger partial charge in [-0.15, -0.1) is 0 Å². The number of pyridine rings is 3. The van der Waals surface area contributed by atoms with Gasteiger partial charge in [-0.2, -0.15) is 5.10 Å². The second kappa shape index (κ2) is 11.3. The SMILES string of the molecule is CCCC(=O)Nc1cncc(-c2ccc3[nH]nc(-c4nc5c(-c6cc(F)cc(CCS(C)(=O)=O)c6)nccc5[nH]4)c3n2)c1. The quantitative estimate of drug-likeness (QED) is 0.208. The zero-order valence-corrected chi connectivity index (χ0v) is 24.2. The molecule has 11 nitrogen and oxygen atoms in total. The van der Waals surface area contributed by atoms with Crippen molar-refractivity contribution >= 4 is 43.5 Å². The van der Waals surface area contributed by atoms with Crippen molar-refractivity contribution in [1.82, 2.24) is 35.1 Å². The van der Waals surface area contributed by atoms with Crippen LogP contribution in [0.25, 0.3) is 56.1 Å². The first kappa shape index (κ1) is 28.1. The maximum Gasteiger partial charge on any atom is 0.224 e. The van der Waals surface area contributed by atoms with Crippen LogP contribution in [0.5, 0.6) is 0 Å². The van der Waals surface area contributed by atoms with Gasteiger partial charge in [-0.05, 0) is 60.9 Å². The lowest BCUT2D eigenvalue weighted by Gasteiger charge is -2.06. The van der Waals surface area contributed by atoms with Gasteiger partial charge in [0.1, 0.15) is 26.7 Å². The molecule has 0 aliphatic carbocycles. The molecule has 0 saturated heterocycles. The van der Waals surface area contributed by atoms with Crippen LogP contribution < -0.4 is 5.32 Å². The minimum absolute atomic E-state index is 0.0795. The van der Waals surface area contributed by atoms with Crippen LogP contribution in [0.15, 0.2) is 61.1 Å². The highest BCUT2D eigenvalue weighted by Gasteiger charge is 2.18. The third-order valence-electron chi connectivity index (χ3n) is 6.82. The van der Waals surface area contributed by atoms with E-state index in [0.29, 0.717) is 68.2 Å². The van der Waals surface area contributed by atoms with Crippen LogP contribution in [0.2, 0.25) is 0 Å². The van der Waals surface area contributed by atoms with Gasteiger partial charge in [0, 0.05) is 36.2 Å². The monoisotopic (exact) mass is 598 g/mol. The number of nitrogens with zero attached hydrogens (tertiary/aromatic N) is 5. The summed E-state index contributed by atoms with van der Waals surface area (Å²) >= 11 is 0. The number of carbonyl (C=O) groups is 1. The summed E-state index contributed by atoms with van der Waals surface area (Å²) in [5, 5.41) is 10.3. The molecule has 1 aromatic carbocycles. The lowest BCUT2D eigenvalue weighted by molar-refractivity contribution is -0.116. The summed E-state index contributed by atoms with van der Waals surface area (Å²) in [5.41, 5.74) is 6.32. The number of benzene rings is 1. The van der Waals surface area contributed by atoms with Crippen LogP contribution >= 0.6 is 0 Å². The molecule has 0 atom stereocenters. The largest absolute Gasteiger partial charge is 0.336 e. The number of sulfone groups is 1. The Hall–Kier alpha value is -5.04. The standard InChI is InChI=1S/C30H27FN8O3S/c1-3-4-25(40)34-21-14-19(15-32-16-21)22-5-6-24-28(35-22)29(39-38-24)30-36-23-7-9-33-26(27(23)37-30)18-11-17(12-20(31)13-18)8-10-43(2,41)42/h5-7,9,11-16H,3-4,8,10H2,1-2H3,(H,34,40)(H,36,37)(H,38,39). The van der Waals surface area contributed by atoms with Crippen LogP contribution in [0.3, 0.4) is 0 Å². The molecule has 0 unspecified atom stereocenters. The van der Waals surface area contributed by atoms with E-state index in [2.05, 4.69) is 30.5 Å².